The van der Waals surface area contributed by atoms with E-state index < -0.39 is 0 Å². The fraction of sp³-hybridized carbons (Fsp3) is 0.929. The molecule has 1 unspecified atom stereocenters. The van der Waals surface area contributed by atoms with Crippen LogP contribution in [0.25, 0.3) is 0 Å². The highest BCUT2D eigenvalue weighted by molar-refractivity contribution is 6.17. The summed E-state index contributed by atoms with van der Waals surface area (Å²) in [7, 11) is 0. The molecule has 17 heavy (non-hydrogen) atoms. The van der Waals surface area contributed by atoms with Crippen LogP contribution in [0.3, 0.4) is 0 Å². The minimum absolute atomic E-state index is 0.205. The van der Waals surface area contributed by atoms with Crippen LogP contribution < -0.4 is 5.32 Å². The van der Waals surface area contributed by atoms with Gasteiger partial charge in [-0.15, -0.1) is 11.6 Å². The lowest BCUT2D eigenvalue weighted by Crippen LogP contribution is -2.29. The number of unbranched alkanes of at least 4 members (excludes halogenated alkanes) is 3. The van der Waals surface area contributed by atoms with Gasteiger partial charge in [-0.05, 0) is 25.2 Å². The van der Waals surface area contributed by atoms with Crippen molar-refractivity contribution in [1.29, 1.82) is 0 Å². The Morgan fingerprint density at radius 1 is 1.12 bits per heavy atom. The molecule has 0 aliphatic rings. The van der Waals surface area contributed by atoms with Gasteiger partial charge in [0.25, 0.3) is 0 Å². The third-order valence-corrected chi connectivity index (χ3v) is 3.28. The van der Waals surface area contributed by atoms with Gasteiger partial charge in [-0.2, -0.15) is 0 Å². The van der Waals surface area contributed by atoms with Crippen molar-refractivity contribution < 1.29 is 4.79 Å². The fourth-order valence-corrected chi connectivity index (χ4v) is 2.28. The van der Waals surface area contributed by atoms with Gasteiger partial charge in [-0.3, -0.25) is 4.79 Å². The first-order valence-corrected chi connectivity index (χ1v) is 7.60. The maximum atomic E-state index is 11.6. The molecule has 0 saturated heterocycles. The summed E-state index contributed by atoms with van der Waals surface area (Å²) < 4.78 is 0. The SMILES string of the molecule is CCCCCCC(=O)NCC(CCC)CCCl. The number of carbonyl (C=O) groups excluding carboxylic acids is 1. The van der Waals surface area contributed by atoms with Crippen molar-refractivity contribution in [3.8, 4) is 0 Å². The molecule has 0 heterocycles. The minimum atomic E-state index is 0.205. The monoisotopic (exact) mass is 261 g/mol. The molecule has 2 nitrogen and oxygen atoms in total. The maximum absolute atomic E-state index is 11.6. The van der Waals surface area contributed by atoms with Crippen LogP contribution in [-0.4, -0.2) is 18.3 Å². The Balaban J connectivity index is 3.57. The predicted molar refractivity (Wildman–Crippen MR) is 75.5 cm³/mol. The summed E-state index contributed by atoms with van der Waals surface area (Å²) in [6, 6.07) is 0. The Labute approximate surface area is 111 Å². The smallest absolute Gasteiger partial charge is 0.220 e. The molecule has 0 aromatic heterocycles. The topological polar surface area (TPSA) is 29.1 Å². The largest absolute Gasteiger partial charge is 0.356 e. The lowest BCUT2D eigenvalue weighted by Gasteiger charge is -2.15. The normalized spacial score (nSPS) is 12.4. The molecular formula is C14H28ClNO. The van der Waals surface area contributed by atoms with Gasteiger partial charge >= 0.3 is 0 Å². The Kier molecular flexibility index (Phi) is 12.1. The lowest BCUT2D eigenvalue weighted by molar-refractivity contribution is -0.121. The van der Waals surface area contributed by atoms with Crippen LogP contribution in [-0.2, 0) is 4.79 Å². The molecule has 0 aromatic rings. The van der Waals surface area contributed by atoms with Gasteiger partial charge < -0.3 is 5.32 Å². The second-order valence-corrected chi connectivity index (χ2v) is 5.13. The number of hydrogen-bond acceptors (Lipinski definition) is 1. The van der Waals surface area contributed by atoms with Gasteiger partial charge in [0.15, 0.2) is 0 Å². The third-order valence-electron chi connectivity index (χ3n) is 3.06. The summed E-state index contributed by atoms with van der Waals surface area (Å²) in [5.41, 5.74) is 0. The van der Waals surface area contributed by atoms with E-state index in [1.807, 2.05) is 0 Å². The molecule has 0 bridgehead atoms. The highest BCUT2D eigenvalue weighted by atomic mass is 35.5. The molecule has 0 radical (unpaired) electrons. The van der Waals surface area contributed by atoms with E-state index in [4.69, 9.17) is 11.6 Å². The summed E-state index contributed by atoms with van der Waals surface area (Å²) in [5.74, 6) is 1.45. The number of nitrogens with one attached hydrogen (secondary N) is 1. The van der Waals surface area contributed by atoms with Crippen LogP contribution in [0.1, 0.15) is 65.2 Å². The second kappa shape index (κ2) is 12.2. The maximum Gasteiger partial charge on any atom is 0.220 e. The number of amides is 1. The molecule has 0 fully saturated rings. The van der Waals surface area contributed by atoms with Gasteiger partial charge in [0, 0.05) is 18.8 Å². The van der Waals surface area contributed by atoms with Crippen LogP contribution in [0, 0.1) is 5.92 Å². The minimum Gasteiger partial charge on any atom is -0.356 e. The first-order valence-electron chi connectivity index (χ1n) is 7.07. The number of carbonyl (C=O) groups is 1. The highest BCUT2D eigenvalue weighted by Gasteiger charge is 2.08. The van der Waals surface area contributed by atoms with E-state index in [0.717, 1.165) is 32.2 Å². The molecule has 1 atom stereocenters. The van der Waals surface area contributed by atoms with Crippen LogP contribution in [0.15, 0.2) is 0 Å². The fourth-order valence-electron chi connectivity index (χ4n) is 1.97. The zero-order valence-electron chi connectivity index (χ0n) is 11.4. The van der Waals surface area contributed by atoms with E-state index in [9.17, 15) is 4.79 Å². The van der Waals surface area contributed by atoms with Crippen LogP contribution in [0.2, 0.25) is 0 Å². The summed E-state index contributed by atoms with van der Waals surface area (Å²) in [4.78, 5) is 11.6. The molecule has 0 aliphatic carbocycles. The summed E-state index contributed by atoms with van der Waals surface area (Å²) >= 11 is 5.75. The van der Waals surface area contributed by atoms with Crippen molar-refractivity contribution in [1.82, 2.24) is 5.32 Å². The first-order chi connectivity index (χ1) is 8.24. The van der Waals surface area contributed by atoms with Crippen molar-refractivity contribution in [2.75, 3.05) is 12.4 Å². The third kappa shape index (κ3) is 10.6. The number of halogens is 1. The van der Waals surface area contributed by atoms with Gasteiger partial charge in [-0.25, -0.2) is 0 Å². The average molecular weight is 262 g/mol. The Morgan fingerprint density at radius 3 is 2.47 bits per heavy atom. The summed E-state index contributed by atoms with van der Waals surface area (Å²) in [6.45, 7) is 5.16. The van der Waals surface area contributed by atoms with Gasteiger partial charge in [0.05, 0.1) is 0 Å². The average Bonchev–Trinajstić information content (AvgIpc) is 2.32. The van der Waals surface area contributed by atoms with E-state index in [0.29, 0.717) is 18.2 Å². The summed E-state index contributed by atoms with van der Waals surface area (Å²) in [5, 5.41) is 3.03. The molecule has 102 valence electrons. The Morgan fingerprint density at radius 2 is 1.88 bits per heavy atom. The van der Waals surface area contributed by atoms with Crippen molar-refractivity contribution >= 4 is 17.5 Å². The van der Waals surface area contributed by atoms with E-state index in [2.05, 4.69) is 19.2 Å². The molecule has 1 N–H and O–H groups in total. The molecule has 1 amide bonds. The van der Waals surface area contributed by atoms with E-state index in [-0.39, 0.29) is 5.91 Å². The van der Waals surface area contributed by atoms with Gasteiger partial charge in [0.2, 0.25) is 5.91 Å². The first kappa shape index (κ1) is 16.8. The Hall–Kier alpha value is -0.240. The quantitative estimate of drug-likeness (QED) is 0.440. The Bertz CT molecular complexity index is 179. The molecule has 0 aromatic carbocycles. The van der Waals surface area contributed by atoms with Crippen LogP contribution in [0.5, 0.6) is 0 Å². The highest BCUT2D eigenvalue weighted by Crippen LogP contribution is 2.11. The number of rotatable bonds is 11. The summed E-state index contributed by atoms with van der Waals surface area (Å²) in [6.07, 6.45) is 8.65. The standard InChI is InChI=1S/C14H28ClNO/c1-3-5-6-7-9-14(17)16-12-13(8-4-2)10-11-15/h13H,3-12H2,1-2H3,(H,16,17). The molecule has 0 saturated carbocycles. The van der Waals surface area contributed by atoms with Crippen LogP contribution in [0.4, 0.5) is 0 Å². The zero-order chi connectivity index (χ0) is 12.9. The zero-order valence-corrected chi connectivity index (χ0v) is 12.2. The van der Waals surface area contributed by atoms with Crippen molar-refractivity contribution in [3.63, 3.8) is 0 Å². The molecule has 3 heteroatoms. The predicted octanol–water partition coefficient (Wildman–Crippen LogP) is 4.12. The molecule has 0 aliphatic heterocycles. The molecule has 0 rings (SSSR count). The van der Waals surface area contributed by atoms with E-state index in [1.54, 1.807) is 0 Å². The van der Waals surface area contributed by atoms with E-state index in [1.165, 1.54) is 19.3 Å². The number of hydrogen-bond donors (Lipinski definition) is 1. The number of alkyl halides is 1. The van der Waals surface area contributed by atoms with Gasteiger partial charge in [0.1, 0.15) is 0 Å². The molecular weight excluding hydrogens is 234 g/mol. The van der Waals surface area contributed by atoms with Crippen molar-refractivity contribution in [2.45, 2.75) is 65.2 Å². The van der Waals surface area contributed by atoms with Crippen molar-refractivity contribution in [3.05, 3.63) is 0 Å². The van der Waals surface area contributed by atoms with Gasteiger partial charge in [-0.1, -0.05) is 39.5 Å². The molecule has 0 spiro atoms. The van der Waals surface area contributed by atoms with Crippen molar-refractivity contribution in [2.24, 2.45) is 5.92 Å². The second-order valence-electron chi connectivity index (χ2n) is 4.75. The lowest BCUT2D eigenvalue weighted by atomic mass is 10.0. The van der Waals surface area contributed by atoms with E-state index >= 15 is 0 Å². The van der Waals surface area contributed by atoms with Crippen LogP contribution >= 0.6 is 11.6 Å².